The zero-order chi connectivity index (χ0) is 16.2. The molecule has 23 heavy (non-hydrogen) atoms. The molecule has 0 fully saturated rings. The van der Waals surface area contributed by atoms with Crippen molar-refractivity contribution < 1.29 is 0 Å². The van der Waals surface area contributed by atoms with E-state index < -0.39 is 0 Å². The Bertz CT molecular complexity index is 1000. The highest BCUT2D eigenvalue weighted by Gasteiger charge is 2.05. The third-order valence-electron chi connectivity index (χ3n) is 3.21. The van der Waals surface area contributed by atoms with Crippen molar-refractivity contribution in [2.75, 3.05) is 0 Å². The molecule has 0 aliphatic rings. The second-order valence-electron chi connectivity index (χ2n) is 4.58. The van der Waals surface area contributed by atoms with Crippen molar-refractivity contribution in [1.29, 1.82) is 5.26 Å². The zero-order valence-electron chi connectivity index (χ0n) is 11.9. The average Bonchev–Trinajstić information content (AvgIpc) is 3.25. The monoisotopic (exact) mass is 358 g/mol. The molecule has 0 atom stereocenters. The molecule has 4 rings (SSSR count). The molecule has 114 valence electrons. The van der Waals surface area contributed by atoms with E-state index in [4.69, 9.17) is 22.6 Å². The molecule has 0 amide bonds. The summed E-state index contributed by atoms with van der Waals surface area (Å²) in [6.07, 6.45) is 5.20. The van der Waals surface area contributed by atoms with Crippen LogP contribution in [0, 0.1) is 11.3 Å². The molecule has 0 bridgehead atoms. The number of fused-ring (bicyclic) bond motifs is 2. The van der Waals surface area contributed by atoms with Crippen LogP contribution in [0.2, 0.25) is 5.15 Å². The maximum atomic E-state index is 8.72. The van der Waals surface area contributed by atoms with Gasteiger partial charge in [0.05, 0.1) is 10.3 Å². The van der Waals surface area contributed by atoms with Crippen LogP contribution in [0.15, 0.2) is 41.5 Å². The molecule has 0 aliphatic carbocycles. The summed E-state index contributed by atoms with van der Waals surface area (Å²) >= 11 is 9.04. The van der Waals surface area contributed by atoms with Crippen molar-refractivity contribution in [1.82, 2.24) is 9.97 Å². The molecular weight excluding hydrogens is 348 g/mol. The Morgan fingerprint density at radius 3 is 2.70 bits per heavy atom. The number of nitriles is 1. The van der Waals surface area contributed by atoms with Crippen LogP contribution in [0.5, 0.6) is 0 Å². The number of hydrogen-bond donors (Lipinski definition) is 1. The standard InChI is InChI=1S/C8H3ClN2S.C8H8N2S/c9-8-6-1-2-12-7(6)5(3-10)4-11-8;9-3-7-5-10-4-6-1-2-11-8(6)7/h1-2,4H;1-2,4-5H,3,9H2. The topological polar surface area (TPSA) is 75.6 Å². The Labute approximate surface area is 145 Å². The second kappa shape index (κ2) is 7.02. The van der Waals surface area contributed by atoms with Crippen LogP contribution < -0.4 is 5.73 Å². The molecule has 0 unspecified atom stereocenters. The van der Waals surface area contributed by atoms with E-state index in [1.807, 2.05) is 23.8 Å². The molecule has 4 aromatic heterocycles. The molecule has 0 saturated carbocycles. The molecule has 0 saturated heterocycles. The fraction of sp³-hybridized carbons (Fsp3) is 0.0625. The lowest BCUT2D eigenvalue weighted by Gasteiger charge is -1.95. The Kier molecular flexibility index (Phi) is 4.84. The van der Waals surface area contributed by atoms with E-state index in [0.717, 1.165) is 15.6 Å². The van der Waals surface area contributed by atoms with Crippen LogP contribution in [0.4, 0.5) is 0 Å². The fourth-order valence-electron chi connectivity index (χ4n) is 2.10. The highest BCUT2D eigenvalue weighted by Crippen LogP contribution is 2.28. The highest BCUT2D eigenvalue weighted by molar-refractivity contribution is 7.17. The van der Waals surface area contributed by atoms with Gasteiger partial charge >= 0.3 is 0 Å². The third kappa shape index (κ3) is 3.19. The number of aromatic nitrogens is 2. The normalized spacial score (nSPS) is 10.3. The van der Waals surface area contributed by atoms with E-state index in [-0.39, 0.29) is 0 Å². The Balaban J connectivity index is 0.000000136. The summed E-state index contributed by atoms with van der Waals surface area (Å²) in [5, 5.41) is 15.2. The lowest BCUT2D eigenvalue weighted by Crippen LogP contribution is -1.96. The van der Waals surface area contributed by atoms with Crippen molar-refractivity contribution in [3.8, 4) is 6.07 Å². The minimum absolute atomic E-state index is 0.463. The number of nitrogens with two attached hydrogens (primary N) is 1. The van der Waals surface area contributed by atoms with E-state index in [9.17, 15) is 0 Å². The Morgan fingerprint density at radius 1 is 1.13 bits per heavy atom. The van der Waals surface area contributed by atoms with E-state index in [0.29, 0.717) is 17.3 Å². The van der Waals surface area contributed by atoms with Crippen LogP contribution >= 0.6 is 34.3 Å². The predicted molar refractivity (Wildman–Crippen MR) is 96.9 cm³/mol. The van der Waals surface area contributed by atoms with Crippen LogP contribution in [0.25, 0.3) is 20.2 Å². The molecule has 0 aliphatic heterocycles. The first kappa shape index (κ1) is 15.8. The van der Waals surface area contributed by atoms with E-state index in [2.05, 4.69) is 27.5 Å². The highest BCUT2D eigenvalue weighted by atomic mass is 35.5. The fourth-order valence-corrected chi connectivity index (χ4v) is 4.12. The molecule has 7 heteroatoms. The summed E-state index contributed by atoms with van der Waals surface area (Å²) in [7, 11) is 0. The first-order valence-electron chi connectivity index (χ1n) is 6.66. The van der Waals surface area contributed by atoms with E-state index >= 15 is 0 Å². The molecule has 0 aromatic carbocycles. The number of halogens is 1. The van der Waals surface area contributed by atoms with Gasteiger partial charge in [-0.25, -0.2) is 4.98 Å². The predicted octanol–water partition coefficient (Wildman–Crippen LogP) is 4.58. The first-order chi connectivity index (χ1) is 11.2. The van der Waals surface area contributed by atoms with Crippen LogP contribution in [0.1, 0.15) is 11.1 Å². The van der Waals surface area contributed by atoms with Crippen molar-refractivity contribution >= 4 is 54.4 Å². The summed E-state index contributed by atoms with van der Waals surface area (Å²) in [5.41, 5.74) is 7.27. The number of pyridine rings is 2. The van der Waals surface area contributed by atoms with E-state index in [1.54, 1.807) is 11.3 Å². The average molecular weight is 359 g/mol. The smallest absolute Gasteiger partial charge is 0.137 e. The van der Waals surface area contributed by atoms with Crippen LogP contribution in [0.3, 0.4) is 0 Å². The van der Waals surface area contributed by atoms with Gasteiger partial charge in [0.2, 0.25) is 0 Å². The van der Waals surface area contributed by atoms with Crippen LogP contribution in [-0.2, 0) is 6.54 Å². The van der Waals surface area contributed by atoms with Crippen molar-refractivity contribution in [3.63, 3.8) is 0 Å². The number of hydrogen-bond acceptors (Lipinski definition) is 6. The molecule has 2 N–H and O–H groups in total. The minimum Gasteiger partial charge on any atom is -0.326 e. The van der Waals surface area contributed by atoms with Gasteiger partial charge < -0.3 is 5.73 Å². The van der Waals surface area contributed by atoms with Gasteiger partial charge in [-0.3, -0.25) is 4.98 Å². The first-order valence-corrected chi connectivity index (χ1v) is 8.80. The molecule has 4 aromatic rings. The second-order valence-corrected chi connectivity index (χ2v) is 6.77. The van der Waals surface area contributed by atoms with Crippen molar-refractivity contribution in [2.24, 2.45) is 5.73 Å². The van der Waals surface area contributed by atoms with Gasteiger partial charge in [0, 0.05) is 46.2 Å². The molecule has 4 nitrogen and oxygen atoms in total. The van der Waals surface area contributed by atoms with Gasteiger partial charge in [0.15, 0.2) is 0 Å². The van der Waals surface area contributed by atoms with Gasteiger partial charge in [-0.15, -0.1) is 22.7 Å². The largest absolute Gasteiger partial charge is 0.326 e. The summed E-state index contributed by atoms with van der Waals surface area (Å²) in [4.78, 5) is 7.98. The van der Waals surface area contributed by atoms with Crippen molar-refractivity contribution in [2.45, 2.75) is 6.54 Å². The Hall–Kier alpha value is -2.04. The number of thiophene rings is 2. The summed E-state index contributed by atoms with van der Waals surface area (Å²) in [5.74, 6) is 0. The lowest BCUT2D eigenvalue weighted by atomic mass is 10.2. The van der Waals surface area contributed by atoms with Gasteiger partial charge in [-0.1, -0.05) is 11.6 Å². The minimum atomic E-state index is 0.463. The quantitative estimate of drug-likeness (QED) is 0.505. The summed E-state index contributed by atoms with van der Waals surface area (Å²) in [6.45, 7) is 0.574. The molecule has 0 radical (unpaired) electrons. The lowest BCUT2D eigenvalue weighted by molar-refractivity contribution is 1.07. The van der Waals surface area contributed by atoms with Gasteiger partial charge in [0.1, 0.15) is 11.2 Å². The van der Waals surface area contributed by atoms with Gasteiger partial charge in [0.25, 0.3) is 0 Å². The summed E-state index contributed by atoms with van der Waals surface area (Å²) < 4.78 is 2.18. The summed E-state index contributed by atoms with van der Waals surface area (Å²) in [6, 6.07) is 6.01. The Morgan fingerprint density at radius 2 is 1.91 bits per heavy atom. The zero-order valence-corrected chi connectivity index (χ0v) is 14.3. The maximum Gasteiger partial charge on any atom is 0.137 e. The molecular formula is C16H11ClN4S2. The third-order valence-corrected chi connectivity index (χ3v) is 5.47. The molecule has 0 spiro atoms. The van der Waals surface area contributed by atoms with Crippen LogP contribution in [-0.4, -0.2) is 9.97 Å². The van der Waals surface area contributed by atoms with E-state index in [1.165, 1.54) is 27.6 Å². The van der Waals surface area contributed by atoms with Gasteiger partial charge in [-0.05, 0) is 22.9 Å². The number of nitrogens with zero attached hydrogens (tertiary/aromatic N) is 3. The maximum absolute atomic E-state index is 8.72. The van der Waals surface area contributed by atoms with Gasteiger partial charge in [-0.2, -0.15) is 5.26 Å². The molecule has 4 heterocycles. The van der Waals surface area contributed by atoms with Crippen molar-refractivity contribution in [3.05, 3.63) is 57.8 Å². The number of rotatable bonds is 1. The SMILES string of the molecule is N#Cc1cnc(Cl)c2ccsc12.NCc1cncc2ccsc12.